The Morgan fingerprint density at radius 1 is 1.28 bits per heavy atom. The van der Waals surface area contributed by atoms with Crippen LogP contribution in [0.2, 0.25) is 0 Å². The third-order valence-corrected chi connectivity index (χ3v) is 5.27. The van der Waals surface area contributed by atoms with Crippen LogP contribution in [0.25, 0.3) is 0 Å². The molecule has 1 saturated carbocycles. The van der Waals surface area contributed by atoms with Crippen molar-refractivity contribution in [2.24, 2.45) is 5.92 Å². The van der Waals surface area contributed by atoms with E-state index in [2.05, 4.69) is 30.6 Å². The van der Waals surface area contributed by atoms with Crippen molar-refractivity contribution in [3.8, 4) is 0 Å². The Kier molecular flexibility index (Phi) is 5.71. The van der Waals surface area contributed by atoms with E-state index in [0.29, 0.717) is 6.04 Å². The van der Waals surface area contributed by atoms with Crippen LogP contribution < -0.4 is 5.32 Å². The van der Waals surface area contributed by atoms with Gasteiger partial charge in [-0.2, -0.15) is 0 Å². The van der Waals surface area contributed by atoms with Crippen molar-refractivity contribution in [2.75, 3.05) is 6.54 Å². The standard InChI is InChI=1S/C16H27NS/c1-3-11-17-15(16-13(2)10-12-18-16)14-8-6-4-5-7-9-14/h10,12,14-15,17H,3-9,11H2,1-2H3. The Balaban J connectivity index is 2.10. The highest BCUT2D eigenvalue weighted by molar-refractivity contribution is 7.10. The molecular formula is C16H27NS. The SMILES string of the molecule is CCCNC(c1sccc1C)C1CCCCCC1. The lowest BCUT2D eigenvalue weighted by molar-refractivity contribution is 0.329. The summed E-state index contributed by atoms with van der Waals surface area (Å²) in [7, 11) is 0. The molecule has 0 aromatic carbocycles. The largest absolute Gasteiger partial charge is 0.309 e. The number of hydrogen-bond donors (Lipinski definition) is 1. The third-order valence-electron chi connectivity index (χ3n) is 4.17. The van der Waals surface area contributed by atoms with E-state index in [1.165, 1.54) is 50.5 Å². The molecule has 18 heavy (non-hydrogen) atoms. The van der Waals surface area contributed by atoms with E-state index < -0.39 is 0 Å². The van der Waals surface area contributed by atoms with E-state index in [-0.39, 0.29) is 0 Å². The van der Waals surface area contributed by atoms with Gasteiger partial charge in [-0.25, -0.2) is 0 Å². The zero-order valence-corrected chi connectivity index (χ0v) is 12.7. The van der Waals surface area contributed by atoms with Crippen LogP contribution in [0.4, 0.5) is 0 Å². The van der Waals surface area contributed by atoms with Crippen molar-refractivity contribution >= 4 is 11.3 Å². The molecule has 1 aromatic heterocycles. The van der Waals surface area contributed by atoms with Gasteiger partial charge in [0.05, 0.1) is 0 Å². The Morgan fingerprint density at radius 2 is 2.00 bits per heavy atom. The molecule has 1 N–H and O–H groups in total. The summed E-state index contributed by atoms with van der Waals surface area (Å²) in [5.41, 5.74) is 1.48. The van der Waals surface area contributed by atoms with Gasteiger partial charge >= 0.3 is 0 Å². The first-order chi connectivity index (χ1) is 8.83. The van der Waals surface area contributed by atoms with Crippen molar-refractivity contribution in [1.82, 2.24) is 5.32 Å². The monoisotopic (exact) mass is 265 g/mol. The van der Waals surface area contributed by atoms with Crippen LogP contribution in [-0.4, -0.2) is 6.54 Å². The van der Waals surface area contributed by atoms with Crippen molar-refractivity contribution < 1.29 is 0 Å². The van der Waals surface area contributed by atoms with Gasteiger partial charge in [-0.05, 0) is 55.7 Å². The Morgan fingerprint density at radius 3 is 2.56 bits per heavy atom. The molecule has 1 atom stereocenters. The molecule has 1 aliphatic rings. The number of hydrogen-bond acceptors (Lipinski definition) is 2. The van der Waals surface area contributed by atoms with E-state index in [1.807, 2.05) is 11.3 Å². The third kappa shape index (κ3) is 3.58. The Hall–Kier alpha value is -0.340. The van der Waals surface area contributed by atoms with Gasteiger partial charge in [0.1, 0.15) is 0 Å². The Bertz CT molecular complexity index is 337. The maximum absolute atomic E-state index is 3.82. The van der Waals surface area contributed by atoms with E-state index in [1.54, 1.807) is 4.88 Å². The van der Waals surface area contributed by atoms with E-state index in [0.717, 1.165) is 12.5 Å². The molecular weight excluding hydrogens is 238 g/mol. The molecule has 1 unspecified atom stereocenters. The summed E-state index contributed by atoms with van der Waals surface area (Å²) >= 11 is 1.95. The molecule has 1 fully saturated rings. The molecule has 1 nitrogen and oxygen atoms in total. The van der Waals surface area contributed by atoms with Gasteiger partial charge in [-0.15, -0.1) is 11.3 Å². The van der Waals surface area contributed by atoms with Crippen LogP contribution in [-0.2, 0) is 0 Å². The second-order valence-corrected chi connectivity index (χ2v) is 6.60. The predicted molar refractivity (Wildman–Crippen MR) is 81.3 cm³/mol. The highest BCUT2D eigenvalue weighted by Crippen LogP contribution is 2.37. The molecule has 1 aromatic rings. The molecule has 0 spiro atoms. The number of aryl methyl sites for hydroxylation is 1. The van der Waals surface area contributed by atoms with E-state index in [9.17, 15) is 0 Å². The summed E-state index contributed by atoms with van der Waals surface area (Å²) in [5.74, 6) is 0.858. The summed E-state index contributed by atoms with van der Waals surface area (Å²) in [5, 5.41) is 6.07. The van der Waals surface area contributed by atoms with Crippen LogP contribution in [0.15, 0.2) is 11.4 Å². The van der Waals surface area contributed by atoms with Crippen molar-refractivity contribution in [1.29, 1.82) is 0 Å². The summed E-state index contributed by atoms with van der Waals surface area (Å²) in [4.78, 5) is 1.59. The summed E-state index contributed by atoms with van der Waals surface area (Å²) < 4.78 is 0. The maximum atomic E-state index is 3.82. The average Bonchev–Trinajstić information content (AvgIpc) is 2.65. The first-order valence-electron chi connectivity index (χ1n) is 7.60. The quantitative estimate of drug-likeness (QED) is 0.733. The van der Waals surface area contributed by atoms with Crippen LogP contribution in [0.5, 0.6) is 0 Å². The smallest absolute Gasteiger partial charge is 0.0446 e. The fourth-order valence-electron chi connectivity index (χ4n) is 3.12. The highest BCUT2D eigenvalue weighted by atomic mass is 32.1. The van der Waals surface area contributed by atoms with Gasteiger partial charge in [0, 0.05) is 10.9 Å². The van der Waals surface area contributed by atoms with Crippen LogP contribution in [0, 0.1) is 12.8 Å². The average molecular weight is 265 g/mol. The normalized spacial score (nSPS) is 19.7. The molecule has 0 saturated heterocycles. The maximum Gasteiger partial charge on any atom is 0.0446 e. The van der Waals surface area contributed by atoms with E-state index >= 15 is 0 Å². The number of nitrogens with one attached hydrogen (secondary N) is 1. The molecule has 102 valence electrons. The van der Waals surface area contributed by atoms with E-state index in [4.69, 9.17) is 0 Å². The van der Waals surface area contributed by atoms with Crippen LogP contribution in [0.3, 0.4) is 0 Å². The van der Waals surface area contributed by atoms with Crippen molar-refractivity contribution in [3.05, 3.63) is 21.9 Å². The first-order valence-corrected chi connectivity index (χ1v) is 8.48. The molecule has 1 heterocycles. The zero-order valence-electron chi connectivity index (χ0n) is 11.9. The van der Waals surface area contributed by atoms with Crippen LogP contribution >= 0.6 is 11.3 Å². The van der Waals surface area contributed by atoms with Gasteiger partial charge in [0.25, 0.3) is 0 Å². The van der Waals surface area contributed by atoms with Crippen LogP contribution in [0.1, 0.15) is 68.4 Å². The molecule has 2 heteroatoms. The van der Waals surface area contributed by atoms with Gasteiger partial charge in [-0.1, -0.05) is 32.6 Å². The molecule has 0 radical (unpaired) electrons. The molecule has 0 amide bonds. The highest BCUT2D eigenvalue weighted by Gasteiger charge is 2.25. The number of thiophene rings is 1. The summed E-state index contributed by atoms with van der Waals surface area (Å²) in [6.07, 6.45) is 9.81. The molecule has 1 aliphatic carbocycles. The minimum Gasteiger partial charge on any atom is -0.309 e. The lowest BCUT2D eigenvalue weighted by Crippen LogP contribution is -2.28. The van der Waals surface area contributed by atoms with Gasteiger partial charge < -0.3 is 5.32 Å². The molecule has 0 bridgehead atoms. The second-order valence-electron chi connectivity index (χ2n) is 5.65. The second kappa shape index (κ2) is 7.30. The lowest BCUT2D eigenvalue weighted by Gasteiger charge is -2.27. The molecule has 0 aliphatic heterocycles. The fourth-order valence-corrected chi connectivity index (χ4v) is 4.22. The number of rotatable bonds is 5. The zero-order chi connectivity index (χ0) is 12.8. The van der Waals surface area contributed by atoms with Gasteiger partial charge in [0.2, 0.25) is 0 Å². The Labute approximate surface area is 116 Å². The van der Waals surface area contributed by atoms with Gasteiger partial charge in [0.15, 0.2) is 0 Å². The molecule has 2 rings (SSSR count). The summed E-state index contributed by atoms with van der Waals surface area (Å²) in [6.45, 7) is 5.68. The minimum atomic E-state index is 0.614. The minimum absolute atomic E-state index is 0.614. The van der Waals surface area contributed by atoms with Crippen molar-refractivity contribution in [2.45, 2.75) is 64.8 Å². The summed E-state index contributed by atoms with van der Waals surface area (Å²) in [6, 6.07) is 2.89. The topological polar surface area (TPSA) is 12.0 Å². The van der Waals surface area contributed by atoms with Crippen molar-refractivity contribution in [3.63, 3.8) is 0 Å². The van der Waals surface area contributed by atoms with Gasteiger partial charge in [-0.3, -0.25) is 0 Å². The first kappa shape index (κ1) is 14.1. The fraction of sp³-hybridized carbons (Fsp3) is 0.750. The predicted octanol–water partition coefficient (Wildman–Crippen LogP) is 5.07. The lowest BCUT2D eigenvalue weighted by atomic mass is 9.89.